The summed E-state index contributed by atoms with van der Waals surface area (Å²) in [6.45, 7) is 4.00. The maximum Gasteiger partial charge on any atom is 0.420 e. The Labute approximate surface area is 214 Å². The lowest BCUT2D eigenvalue weighted by Gasteiger charge is -2.17. The summed E-state index contributed by atoms with van der Waals surface area (Å²) in [5, 5.41) is 10.9. The molecule has 2 aromatic rings. The lowest BCUT2D eigenvalue weighted by Crippen LogP contribution is -2.22. The van der Waals surface area contributed by atoms with Gasteiger partial charge in [-0.15, -0.1) is 0 Å². The van der Waals surface area contributed by atoms with Gasteiger partial charge in [0.25, 0.3) is 5.91 Å². The van der Waals surface area contributed by atoms with E-state index in [0.29, 0.717) is 10.5 Å². The highest BCUT2D eigenvalue weighted by atomic mass is 32.2. The van der Waals surface area contributed by atoms with Gasteiger partial charge in [-0.25, -0.2) is 0 Å². The van der Waals surface area contributed by atoms with Crippen molar-refractivity contribution in [3.05, 3.63) is 69.0 Å². The van der Waals surface area contributed by atoms with E-state index in [-0.39, 0.29) is 23.0 Å². The number of hydrogen-bond donors (Lipinski definition) is 0. The fourth-order valence-corrected chi connectivity index (χ4v) is 4.07. The second-order valence-corrected chi connectivity index (χ2v) is 8.70. The van der Waals surface area contributed by atoms with Crippen molar-refractivity contribution < 1.29 is 27.4 Å². The molecule has 0 radical (unpaired) electrons. The molecule has 0 aliphatic heterocycles. The molecule has 0 spiro atoms. The molecule has 192 valence electrons. The molecular weight excluding hydrogens is 489 g/mol. The molecule has 0 atom stereocenters. The highest BCUT2D eigenvalue weighted by Gasteiger charge is 2.35. The number of nitriles is 1. The Balaban J connectivity index is 0.00000222. The number of carbonyl (C=O) groups excluding carboxylic acids is 1. The van der Waals surface area contributed by atoms with Crippen molar-refractivity contribution in [1.29, 1.82) is 5.26 Å². The molecule has 0 aromatic heterocycles. The van der Waals surface area contributed by atoms with Crippen LogP contribution in [0.1, 0.15) is 49.8 Å². The van der Waals surface area contributed by atoms with Crippen LogP contribution >= 0.6 is 11.8 Å². The van der Waals surface area contributed by atoms with Crippen molar-refractivity contribution in [2.45, 2.75) is 39.3 Å². The first-order chi connectivity index (χ1) is 17.1. The number of ether oxygens (including phenoxy) is 2. The number of hydrogen-bond acceptors (Lipinski definition) is 5. The average Bonchev–Trinajstić information content (AvgIpc) is 2.83. The quantitative estimate of drug-likeness (QED) is 0.353. The van der Waals surface area contributed by atoms with Gasteiger partial charge in [-0.05, 0) is 66.6 Å². The zero-order chi connectivity index (χ0) is 26.9. The molecule has 5 nitrogen and oxygen atoms in total. The Hall–Kier alpha value is -3.38. The molecule has 9 heteroatoms. The molecule has 3 rings (SSSR count). The van der Waals surface area contributed by atoms with E-state index in [2.05, 4.69) is 0 Å². The summed E-state index contributed by atoms with van der Waals surface area (Å²) in [7, 11) is 4.71. The van der Waals surface area contributed by atoms with Gasteiger partial charge < -0.3 is 14.4 Å². The minimum atomic E-state index is -4.70. The maximum absolute atomic E-state index is 13.5. The molecule has 1 aliphatic carbocycles. The van der Waals surface area contributed by atoms with Gasteiger partial charge in [0.1, 0.15) is 5.75 Å². The van der Waals surface area contributed by atoms with Gasteiger partial charge in [0.05, 0.1) is 29.2 Å². The molecule has 0 bridgehead atoms. The molecule has 0 unspecified atom stereocenters. The molecule has 1 saturated carbocycles. The number of carbonyl (C=O) groups is 1. The van der Waals surface area contributed by atoms with Crippen molar-refractivity contribution in [2.75, 3.05) is 21.2 Å². The number of halogens is 3. The number of thioether (sulfide) groups is 1. The van der Waals surface area contributed by atoms with E-state index in [1.165, 1.54) is 41.5 Å². The molecule has 0 heterocycles. The standard InChI is InChI=1S/C25H23F3N2O3S.C2H6/c1-30(2)24(31)23(34-15-16-5-4-6-16)13-17-7-10-21(22(12-17)32-3)33-20-9-8-18(14-29)11-19(20)25(26,27)28;1-2/h7-13,15H,4-6H2,1-3H3;1-2H3/b23-13-;. The van der Waals surface area contributed by atoms with E-state index in [9.17, 15) is 18.0 Å². The summed E-state index contributed by atoms with van der Waals surface area (Å²) in [5.41, 5.74) is 0.743. The van der Waals surface area contributed by atoms with Crippen LogP contribution in [0.5, 0.6) is 17.2 Å². The van der Waals surface area contributed by atoms with E-state index in [1.807, 2.05) is 19.3 Å². The van der Waals surface area contributed by atoms with E-state index in [4.69, 9.17) is 14.7 Å². The van der Waals surface area contributed by atoms with Crippen molar-refractivity contribution >= 4 is 23.7 Å². The van der Waals surface area contributed by atoms with E-state index in [0.717, 1.165) is 31.4 Å². The van der Waals surface area contributed by atoms with Gasteiger partial charge in [-0.3, -0.25) is 4.79 Å². The van der Waals surface area contributed by atoms with Crippen LogP contribution in [-0.4, -0.2) is 32.0 Å². The largest absolute Gasteiger partial charge is 0.493 e. The Morgan fingerprint density at radius 1 is 1.08 bits per heavy atom. The van der Waals surface area contributed by atoms with Gasteiger partial charge in [0, 0.05) is 14.1 Å². The lowest BCUT2D eigenvalue weighted by atomic mass is 9.95. The Kier molecular flexibility index (Phi) is 10.5. The predicted molar refractivity (Wildman–Crippen MR) is 137 cm³/mol. The SMILES string of the molecule is CC.COc1cc(/C=C(\SC=C2CCC2)C(=O)N(C)C)ccc1Oc1ccc(C#N)cc1C(F)(F)F. The van der Waals surface area contributed by atoms with E-state index < -0.39 is 17.5 Å². The number of rotatable bonds is 7. The van der Waals surface area contributed by atoms with E-state index >= 15 is 0 Å². The second-order valence-electron chi connectivity index (χ2n) is 7.79. The first kappa shape index (κ1) is 28.9. The summed E-state index contributed by atoms with van der Waals surface area (Å²) < 4.78 is 51.3. The van der Waals surface area contributed by atoms with Crippen LogP contribution < -0.4 is 9.47 Å². The van der Waals surface area contributed by atoms with Crippen molar-refractivity contribution in [3.8, 4) is 23.3 Å². The third kappa shape index (κ3) is 7.56. The van der Waals surface area contributed by atoms with Crippen molar-refractivity contribution in [3.63, 3.8) is 0 Å². The number of nitrogens with zero attached hydrogens (tertiary/aromatic N) is 2. The maximum atomic E-state index is 13.5. The van der Waals surface area contributed by atoms with Crippen LogP contribution in [0.3, 0.4) is 0 Å². The third-order valence-electron chi connectivity index (χ3n) is 5.08. The summed E-state index contributed by atoms with van der Waals surface area (Å²) in [4.78, 5) is 14.6. The Morgan fingerprint density at radius 3 is 2.28 bits per heavy atom. The molecule has 0 saturated heterocycles. The zero-order valence-corrected chi connectivity index (χ0v) is 21.7. The summed E-state index contributed by atoms with van der Waals surface area (Å²) in [6, 6.07) is 9.50. The number of amides is 1. The van der Waals surface area contributed by atoms with Crippen LogP contribution in [0.2, 0.25) is 0 Å². The summed E-state index contributed by atoms with van der Waals surface area (Å²) in [5.74, 6) is -0.336. The molecule has 1 fully saturated rings. The van der Waals surface area contributed by atoms with Crippen LogP contribution in [0, 0.1) is 11.3 Å². The molecule has 1 aliphatic rings. The Bertz CT molecular complexity index is 1180. The monoisotopic (exact) mass is 518 g/mol. The van der Waals surface area contributed by atoms with Crippen LogP contribution in [0.25, 0.3) is 6.08 Å². The highest BCUT2D eigenvalue weighted by molar-refractivity contribution is 8.06. The van der Waals surface area contributed by atoms with Gasteiger partial charge in [-0.1, -0.05) is 37.2 Å². The van der Waals surface area contributed by atoms with Crippen molar-refractivity contribution in [1.82, 2.24) is 4.90 Å². The van der Waals surface area contributed by atoms with Gasteiger partial charge in [0.2, 0.25) is 0 Å². The van der Waals surface area contributed by atoms with Gasteiger partial charge in [-0.2, -0.15) is 18.4 Å². The minimum Gasteiger partial charge on any atom is -0.493 e. The van der Waals surface area contributed by atoms with Gasteiger partial charge >= 0.3 is 6.18 Å². The topological polar surface area (TPSA) is 62.6 Å². The van der Waals surface area contributed by atoms with Crippen LogP contribution in [-0.2, 0) is 11.0 Å². The van der Waals surface area contributed by atoms with E-state index in [1.54, 1.807) is 38.4 Å². The number of likely N-dealkylation sites (N-methyl/N-ethyl adjacent to an activating group) is 1. The first-order valence-electron chi connectivity index (χ1n) is 11.4. The molecule has 0 N–H and O–H groups in total. The fourth-order valence-electron chi connectivity index (χ4n) is 3.05. The molecule has 2 aromatic carbocycles. The lowest BCUT2D eigenvalue weighted by molar-refractivity contribution is -0.138. The normalized spacial score (nSPS) is 13.0. The van der Waals surface area contributed by atoms with Crippen molar-refractivity contribution in [2.24, 2.45) is 0 Å². The number of benzene rings is 2. The third-order valence-corrected chi connectivity index (χ3v) is 6.08. The average molecular weight is 519 g/mol. The summed E-state index contributed by atoms with van der Waals surface area (Å²) in [6.07, 6.45) is 0.224. The first-order valence-corrected chi connectivity index (χ1v) is 12.3. The number of methoxy groups -OCH3 is 1. The smallest absolute Gasteiger partial charge is 0.420 e. The number of alkyl halides is 3. The van der Waals surface area contributed by atoms with Crippen LogP contribution in [0.15, 0.2) is 52.3 Å². The zero-order valence-electron chi connectivity index (χ0n) is 20.9. The number of allylic oxidation sites excluding steroid dienone is 1. The fraction of sp³-hybridized carbons (Fsp3) is 0.333. The molecular formula is C27H29F3N2O3S. The van der Waals surface area contributed by atoms with Crippen LogP contribution in [0.4, 0.5) is 13.2 Å². The molecule has 1 amide bonds. The summed E-state index contributed by atoms with van der Waals surface area (Å²) >= 11 is 1.35. The Morgan fingerprint density at radius 2 is 1.75 bits per heavy atom. The predicted octanol–water partition coefficient (Wildman–Crippen LogP) is 7.63. The molecule has 36 heavy (non-hydrogen) atoms. The van der Waals surface area contributed by atoms with Gasteiger partial charge in [0.15, 0.2) is 11.5 Å². The second kappa shape index (κ2) is 13.1. The minimum absolute atomic E-state index is 0.0691. The highest BCUT2D eigenvalue weighted by Crippen LogP contribution is 2.41.